The zero-order valence-corrected chi connectivity index (χ0v) is 14.5. The topological polar surface area (TPSA) is 69.7 Å². The number of hydrogen-bond donors (Lipinski definition) is 1. The lowest BCUT2D eigenvalue weighted by Gasteiger charge is -2.16. The Bertz CT molecular complexity index is 725. The van der Waals surface area contributed by atoms with E-state index in [0.717, 1.165) is 18.6 Å². The summed E-state index contributed by atoms with van der Waals surface area (Å²) in [6.07, 6.45) is 6.09. The number of rotatable bonds is 6. The predicted octanol–water partition coefficient (Wildman–Crippen LogP) is 3.67. The monoisotopic (exact) mass is 342 g/mol. The first-order chi connectivity index (χ1) is 12.2. The van der Waals surface area contributed by atoms with Crippen LogP contribution in [0.4, 0.5) is 5.69 Å². The number of aromatic nitrogens is 1. The van der Waals surface area contributed by atoms with Gasteiger partial charge in [-0.1, -0.05) is 0 Å². The van der Waals surface area contributed by atoms with Gasteiger partial charge in [-0.25, -0.2) is 4.98 Å². The summed E-state index contributed by atoms with van der Waals surface area (Å²) in [6, 6.07) is 8.75. The minimum Gasteiger partial charge on any atom is -0.497 e. The molecule has 1 N–H and O–H groups in total. The first-order valence-corrected chi connectivity index (χ1v) is 8.35. The van der Waals surface area contributed by atoms with E-state index in [1.165, 1.54) is 19.0 Å². The number of benzene rings is 1. The summed E-state index contributed by atoms with van der Waals surface area (Å²) < 4.78 is 16.4. The third-order valence-corrected chi connectivity index (χ3v) is 4.23. The summed E-state index contributed by atoms with van der Waals surface area (Å²) in [7, 11) is 3.16. The van der Waals surface area contributed by atoms with E-state index >= 15 is 0 Å². The average Bonchev–Trinajstić information content (AvgIpc) is 3.15. The molecule has 1 aromatic carbocycles. The van der Waals surface area contributed by atoms with E-state index < -0.39 is 0 Å². The van der Waals surface area contributed by atoms with Crippen LogP contribution in [0, 0.1) is 0 Å². The number of amides is 1. The van der Waals surface area contributed by atoms with Crippen molar-refractivity contribution in [3.05, 3.63) is 42.2 Å². The maximum atomic E-state index is 12.5. The average molecular weight is 342 g/mol. The molecule has 0 atom stereocenters. The van der Waals surface area contributed by atoms with Crippen LogP contribution in [0.1, 0.15) is 36.2 Å². The molecular weight excluding hydrogens is 320 g/mol. The Balaban J connectivity index is 1.74. The first kappa shape index (κ1) is 17.1. The van der Waals surface area contributed by atoms with Crippen molar-refractivity contribution in [2.24, 2.45) is 0 Å². The minimum absolute atomic E-state index is 0.175. The van der Waals surface area contributed by atoms with E-state index in [4.69, 9.17) is 14.2 Å². The highest BCUT2D eigenvalue weighted by Crippen LogP contribution is 2.31. The quantitative estimate of drug-likeness (QED) is 0.867. The van der Waals surface area contributed by atoms with Gasteiger partial charge in [-0.2, -0.15) is 0 Å². The molecule has 1 saturated carbocycles. The summed E-state index contributed by atoms with van der Waals surface area (Å²) in [5.41, 5.74) is 0.950. The second-order valence-electron chi connectivity index (χ2n) is 5.93. The highest BCUT2D eigenvalue weighted by atomic mass is 16.5. The van der Waals surface area contributed by atoms with Crippen LogP contribution in [0.3, 0.4) is 0 Å². The Morgan fingerprint density at radius 3 is 2.44 bits per heavy atom. The second kappa shape index (κ2) is 7.88. The van der Waals surface area contributed by atoms with Gasteiger partial charge in [0.1, 0.15) is 11.4 Å². The van der Waals surface area contributed by atoms with Gasteiger partial charge in [0.25, 0.3) is 5.91 Å². The smallest absolute Gasteiger partial charge is 0.274 e. The standard InChI is InChI=1S/C19H22N2O4/c1-23-14-9-7-13(8-10-14)21-19(22)16-11-17(18(24-2)12-20-16)25-15-5-3-4-6-15/h7-12,15H,3-6H2,1-2H3,(H,21,22). The fraction of sp³-hybridized carbons (Fsp3) is 0.368. The van der Waals surface area contributed by atoms with E-state index in [2.05, 4.69) is 10.3 Å². The van der Waals surface area contributed by atoms with Crippen molar-refractivity contribution in [3.63, 3.8) is 0 Å². The Hall–Kier alpha value is -2.76. The minimum atomic E-state index is -0.302. The molecule has 1 aromatic heterocycles. The molecule has 0 unspecified atom stereocenters. The van der Waals surface area contributed by atoms with Crippen molar-refractivity contribution in [1.29, 1.82) is 0 Å². The Morgan fingerprint density at radius 2 is 1.80 bits per heavy atom. The van der Waals surface area contributed by atoms with Gasteiger partial charge in [0.05, 0.1) is 26.5 Å². The number of pyridine rings is 1. The number of carbonyl (C=O) groups excluding carboxylic acids is 1. The highest BCUT2D eigenvalue weighted by molar-refractivity contribution is 6.03. The molecule has 0 spiro atoms. The maximum Gasteiger partial charge on any atom is 0.274 e. The number of ether oxygens (including phenoxy) is 3. The summed E-state index contributed by atoms with van der Waals surface area (Å²) in [6.45, 7) is 0. The number of methoxy groups -OCH3 is 2. The Kier molecular flexibility index (Phi) is 5.38. The lowest BCUT2D eigenvalue weighted by Crippen LogP contribution is -2.16. The molecule has 6 nitrogen and oxygen atoms in total. The van der Waals surface area contributed by atoms with Gasteiger partial charge >= 0.3 is 0 Å². The molecule has 132 valence electrons. The van der Waals surface area contributed by atoms with Crippen LogP contribution >= 0.6 is 0 Å². The Labute approximate surface area is 147 Å². The largest absolute Gasteiger partial charge is 0.497 e. The molecule has 25 heavy (non-hydrogen) atoms. The number of carbonyl (C=O) groups is 1. The van der Waals surface area contributed by atoms with Gasteiger partial charge < -0.3 is 19.5 Å². The maximum absolute atomic E-state index is 12.5. The predicted molar refractivity (Wildman–Crippen MR) is 94.6 cm³/mol. The van der Waals surface area contributed by atoms with Crippen molar-refractivity contribution in [3.8, 4) is 17.2 Å². The molecular formula is C19H22N2O4. The summed E-state index contributed by atoms with van der Waals surface area (Å²) in [5, 5.41) is 2.81. The van der Waals surface area contributed by atoms with Crippen LogP contribution in [-0.2, 0) is 0 Å². The molecule has 0 bridgehead atoms. The third-order valence-electron chi connectivity index (χ3n) is 4.23. The van der Waals surface area contributed by atoms with E-state index in [-0.39, 0.29) is 17.7 Å². The van der Waals surface area contributed by atoms with E-state index in [9.17, 15) is 4.79 Å². The van der Waals surface area contributed by atoms with E-state index in [0.29, 0.717) is 17.2 Å². The molecule has 3 rings (SSSR count). The SMILES string of the molecule is COc1ccc(NC(=O)c2cc(OC3CCCC3)c(OC)cn2)cc1. The van der Waals surface area contributed by atoms with Crippen LogP contribution in [0.5, 0.6) is 17.2 Å². The fourth-order valence-corrected chi connectivity index (χ4v) is 2.85. The summed E-state index contributed by atoms with van der Waals surface area (Å²) >= 11 is 0. The molecule has 1 aliphatic rings. The normalized spacial score (nSPS) is 14.2. The lowest BCUT2D eigenvalue weighted by atomic mass is 10.2. The zero-order valence-electron chi connectivity index (χ0n) is 14.5. The van der Waals surface area contributed by atoms with Gasteiger partial charge in [-0.15, -0.1) is 0 Å². The van der Waals surface area contributed by atoms with Crippen LogP contribution in [0.25, 0.3) is 0 Å². The second-order valence-corrected chi connectivity index (χ2v) is 5.93. The molecule has 0 saturated heterocycles. The van der Waals surface area contributed by atoms with Gasteiger partial charge in [-0.3, -0.25) is 4.79 Å². The zero-order chi connectivity index (χ0) is 17.6. The van der Waals surface area contributed by atoms with Crippen molar-refractivity contribution < 1.29 is 19.0 Å². The van der Waals surface area contributed by atoms with Crippen molar-refractivity contribution in [1.82, 2.24) is 4.98 Å². The molecule has 1 heterocycles. The third kappa shape index (κ3) is 4.21. The molecule has 1 aliphatic carbocycles. The molecule has 1 amide bonds. The number of nitrogens with one attached hydrogen (secondary N) is 1. The first-order valence-electron chi connectivity index (χ1n) is 8.35. The fourth-order valence-electron chi connectivity index (χ4n) is 2.85. The molecule has 6 heteroatoms. The van der Waals surface area contributed by atoms with Crippen molar-refractivity contribution >= 4 is 11.6 Å². The molecule has 0 aliphatic heterocycles. The Morgan fingerprint density at radius 1 is 1.08 bits per heavy atom. The van der Waals surface area contributed by atoms with Crippen molar-refractivity contribution in [2.45, 2.75) is 31.8 Å². The highest BCUT2D eigenvalue weighted by Gasteiger charge is 2.20. The lowest BCUT2D eigenvalue weighted by molar-refractivity contribution is 0.102. The summed E-state index contributed by atoms with van der Waals surface area (Å²) in [5.74, 6) is 1.52. The number of hydrogen-bond acceptors (Lipinski definition) is 5. The van der Waals surface area contributed by atoms with Crippen LogP contribution in [-0.4, -0.2) is 31.2 Å². The van der Waals surface area contributed by atoms with E-state index in [1.54, 1.807) is 44.6 Å². The van der Waals surface area contributed by atoms with Gasteiger partial charge in [0.2, 0.25) is 0 Å². The molecule has 0 radical (unpaired) electrons. The van der Waals surface area contributed by atoms with Gasteiger partial charge in [0.15, 0.2) is 11.5 Å². The summed E-state index contributed by atoms with van der Waals surface area (Å²) in [4.78, 5) is 16.6. The van der Waals surface area contributed by atoms with Gasteiger partial charge in [0, 0.05) is 11.8 Å². The van der Waals surface area contributed by atoms with Crippen LogP contribution < -0.4 is 19.5 Å². The number of nitrogens with zero attached hydrogens (tertiary/aromatic N) is 1. The van der Waals surface area contributed by atoms with E-state index in [1.807, 2.05) is 0 Å². The van der Waals surface area contributed by atoms with Crippen molar-refractivity contribution in [2.75, 3.05) is 19.5 Å². The molecule has 1 fully saturated rings. The van der Waals surface area contributed by atoms with Gasteiger partial charge in [-0.05, 0) is 49.9 Å². The number of anilines is 1. The van der Waals surface area contributed by atoms with Crippen LogP contribution in [0.2, 0.25) is 0 Å². The molecule has 2 aromatic rings. The van der Waals surface area contributed by atoms with Crippen LogP contribution in [0.15, 0.2) is 36.5 Å².